The summed E-state index contributed by atoms with van der Waals surface area (Å²) in [7, 11) is 1.68. The highest BCUT2D eigenvalue weighted by atomic mass is 16.5. The third-order valence-corrected chi connectivity index (χ3v) is 10.0. The first kappa shape index (κ1) is 28.5. The summed E-state index contributed by atoms with van der Waals surface area (Å²) in [5, 5.41) is 12.5. The van der Waals surface area contributed by atoms with Gasteiger partial charge in [0.05, 0.1) is 18.8 Å². The average molecular weight is 543 g/mol. The summed E-state index contributed by atoms with van der Waals surface area (Å²) in [5.74, 6) is 2.90. The largest absolute Gasteiger partial charge is 0.496 e. The number of rotatable bonds is 9. The van der Waals surface area contributed by atoms with Crippen LogP contribution in [-0.2, 0) is 13.2 Å². The molecule has 4 heteroatoms. The Morgan fingerprint density at radius 3 is 2.02 bits per heavy atom. The van der Waals surface area contributed by atoms with Gasteiger partial charge in [-0.2, -0.15) is 0 Å². The predicted octanol–water partition coefficient (Wildman–Crippen LogP) is 8.77. The number of hydrogen-bond acceptors (Lipinski definition) is 4. The van der Waals surface area contributed by atoms with E-state index in [4.69, 9.17) is 14.2 Å². The van der Waals surface area contributed by atoms with Crippen molar-refractivity contribution in [1.82, 2.24) is 0 Å². The molecule has 3 aromatic carbocycles. The number of methoxy groups -OCH3 is 1. The van der Waals surface area contributed by atoms with Gasteiger partial charge in [0.1, 0.15) is 19.0 Å². The monoisotopic (exact) mass is 542 g/mol. The molecule has 2 saturated carbocycles. The predicted molar refractivity (Wildman–Crippen MR) is 161 cm³/mol. The third kappa shape index (κ3) is 5.61. The van der Waals surface area contributed by atoms with Gasteiger partial charge in [0.15, 0.2) is 11.5 Å². The van der Waals surface area contributed by atoms with Gasteiger partial charge < -0.3 is 19.3 Å². The Bertz CT molecular complexity index is 1250. The Morgan fingerprint density at radius 1 is 0.800 bits per heavy atom. The second-order valence-corrected chi connectivity index (χ2v) is 13.0. The summed E-state index contributed by atoms with van der Waals surface area (Å²) in [6.07, 6.45) is 5.20. The fourth-order valence-corrected chi connectivity index (χ4v) is 8.14. The number of aliphatic hydroxyl groups is 1. The summed E-state index contributed by atoms with van der Waals surface area (Å²) in [4.78, 5) is 0. The first-order valence-corrected chi connectivity index (χ1v) is 15.0. The molecular formula is C36H46O4. The van der Waals surface area contributed by atoms with Crippen LogP contribution in [0.1, 0.15) is 82.6 Å². The van der Waals surface area contributed by atoms with Crippen LogP contribution in [0.4, 0.5) is 0 Å². The maximum atomic E-state index is 12.5. The smallest absolute Gasteiger partial charge is 0.171 e. The summed E-state index contributed by atoms with van der Waals surface area (Å²) < 4.78 is 18.9. The second-order valence-electron chi connectivity index (χ2n) is 13.0. The maximum absolute atomic E-state index is 12.5. The van der Waals surface area contributed by atoms with Crippen LogP contribution in [0.25, 0.3) is 0 Å². The molecule has 40 heavy (non-hydrogen) atoms. The Kier molecular flexibility index (Phi) is 8.47. The second kappa shape index (κ2) is 11.9. The molecule has 0 bridgehead atoms. The number of benzene rings is 3. The fourth-order valence-electron chi connectivity index (χ4n) is 8.14. The van der Waals surface area contributed by atoms with Crippen LogP contribution in [0, 0.1) is 28.6 Å². The molecule has 2 aliphatic rings. The molecule has 2 aliphatic carbocycles. The first-order chi connectivity index (χ1) is 19.2. The zero-order valence-corrected chi connectivity index (χ0v) is 24.9. The van der Waals surface area contributed by atoms with E-state index in [9.17, 15) is 5.11 Å². The molecular weight excluding hydrogens is 496 g/mol. The van der Waals surface area contributed by atoms with Gasteiger partial charge in [-0.15, -0.1) is 0 Å². The van der Waals surface area contributed by atoms with Gasteiger partial charge >= 0.3 is 0 Å². The molecule has 0 heterocycles. The highest BCUT2D eigenvalue weighted by Crippen LogP contribution is 2.64. The third-order valence-electron chi connectivity index (χ3n) is 10.0. The van der Waals surface area contributed by atoms with Crippen LogP contribution < -0.4 is 14.2 Å². The van der Waals surface area contributed by atoms with E-state index in [1.165, 1.54) is 19.3 Å². The molecule has 1 N–H and O–H groups in total. The fraction of sp³-hybridized carbons (Fsp3) is 0.500. The minimum atomic E-state index is -0.738. The van der Waals surface area contributed by atoms with E-state index in [-0.39, 0.29) is 16.7 Å². The van der Waals surface area contributed by atoms with E-state index in [1.54, 1.807) is 7.11 Å². The Hall–Kier alpha value is -2.98. The zero-order chi connectivity index (χ0) is 28.3. The lowest BCUT2D eigenvalue weighted by Crippen LogP contribution is -2.52. The molecule has 0 saturated heterocycles. The lowest BCUT2D eigenvalue weighted by Gasteiger charge is -2.60. The first-order valence-electron chi connectivity index (χ1n) is 15.0. The van der Waals surface area contributed by atoms with Crippen LogP contribution in [0.15, 0.2) is 72.8 Å². The van der Waals surface area contributed by atoms with Crippen LogP contribution >= 0.6 is 0 Å². The number of aliphatic hydroxyl groups excluding tert-OH is 1. The quantitative estimate of drug-likeness (QED) is 0.294. The Balaban J connectivity index is 1.56. The van der Waals surface area contributed by atoms with Gasteiger partial charge in [-0.3, -0.25) is 0 Å². The van der Waals surface area contributed by atoms with Gasteiger partial charge in [0, 0.05) is 0 Å². The summed E-state index contributed by atoms with van der Waals surface area (Å²) in [5.41, 5.74) is 3.15. The molecule has 5 rings (SSSR count). The van der Waals surface area contributed by atoms with Crippen molar-refractivity contribution in [3.63, 3.8) is 0 Å². The Labute approximate surface area is 240 Å². The van der Waals surface area contributed by atoms with Crippen molar-refractivity contribution in [2.75, 3.05) is 7.11 Å². The van der Waals surface area contributed by atoms with E-state index in [0.29, 0.717) is 47.9 Å². The molecule has 0 aromatic heterocycles. The van der Waals surface area contributed by atoms with E-state index in [0.717, 1.165) is 24.0 Å². The average Bonchev–Trinajstić information content (AvgIpc) is 2.95. The molecule has 214 valence electrons. The molecule has 0 amide bonds. The molecule has 0 radical (unpaired) electrons. The topological polar surface area (TPSA) is 47.9 Å². The normalized spacial score (nSPS) is 26.4. The van der Waals surface area contributed by atoms with Crippen molar-refractivity contribution in [3.8, 4) is 17.2 Å². The van der Waals surface area contributed by atoms with Crippen LogP contribution in [0.2, 0.25) is 0 Å². The maximum Gasteiger partial charge on any atom is 0.171 e. The highest BCUT2D eigenvalue weighted by Gasteiger charge is 2.56. The van der Waals surface area contributed by atoms with Crippen molar-refractivity contribution in [2.24, 2.45) is 28.6 Å². The van der Waals surface area contributed by atoms with Crippen LogP contribution in [0.3, 0.4) is 0 Å². The molecule has 2 fully saturated rings. The van der Waals surface area contributed by atoms with Crippen LogP contribution in [-0.4, -0.2) is 12.2 Å². The van der Waals surface area contributed by atoms with Crippen molar-refractivity contribution in [1.29, 1.82) is 0 Å². The Morgan fingerprint density at radius 2 is 1.40 bits per heavy atom. The number of hydrogen-bond donors (Lipinski definition) is 1. The standard InChI is InChI=1S/C36H46O4/c1-25-17-20-30-35(2,3)21-12-22-36(30,4)32(25)33(37)31-28(38-5)18-19-29(39-23-26-13-8-6-9-14-26)34(31)40-24-27-15-10-7-11-16-27/h6-11,13-16,18-19,25,30,32-33,37H,12,17,20-24H2,1-5H3/t25-,30-,32+,33?,36-/m0/s1. The van der Waals surface area contributed by atoms with E-state index >= 15 is 0 Å². The number of ether oxygens (including phenoxy) is 3. The lowest BCUT2D eigenvalue weighted by molar-refractivity contribution is -0.135. The molecule has 3 aromatic rings. The SMILES string of the molecule is COc1ccc(OCc2ccccc2)c(OCc2ccccc2)c1C(O)[C@H]1[C@@H](C)CC[C@H]2C(C)(C)CCC[C@]12C. The summed E-state index contributed by atoms with van der Waals surface area (Å²) in [6, 6.07) is 24.1. The lowest BCUT2D eigenvalue weighted by atomic mass is 9.45. The van der Waals surface area contributed by atoms with E-state index in [1.807, 2.05) is 48.5 Å². The van der Waals surface area contributed by atoms with Crippen molar-refractivity contribution < 1.29 is 19.3 Å². The van der Waals surface area contributed by atoms with Gasteiger partial charge in [-0.1, -0.05) is 101 Å². The van der Waals surface area contributed by atoms with Crippen LogP contribution in [0.5, 0.6) is 17.2 Å². The summed E-state index contributed by atoms with van der Waals surface area (Å²) in [6.45, 7) is 10.4. The summed E-state index contributed by atoms with van der Waals surface area (Å²) >= 11 is 0. The van der Waals surface area contributed by atoms with Gasteiger partial charge in [-0.05, 0) is 71.1 Å². The minimum absolute atomic E-state index is 0.0292. The minimum Gasteiger partial charge on any atom is -0.496 e. The van der Waals surface area contributed by atoms with Gasteiger partial charge in [0.25, 0.3) is 0 Å². The van der Waals surface area contributed by atoms with E-state index < -0.39 is 6.10 Å². The van der Waals surface area contributed by atoms with Gasteiger partial charge in [0.2, 0.25) is 0 Å². The zero-order valence-electron chi connectivity index (χ0n) is 24.9. The van der Waals surface area contributed by atoms with Crippen molar-refractivity contribution >= 4 is 0 Å². The van der Waals surface area contributed by atoms with Gasteiger partial charge in [-0.25, -0.2) is 0 Å². The van der Waals surface area contributed by atoms with Crippen molar-refractivity contribution in [3.05, 3.63) is 89.5 Å². The molecule has 4 nitrogen and oxygen atoms in total. The van der Waals surface area contributed by atoms with E-state index in [2.05, 4.69) is 52.0 Å². The number of fused-ring (bicyclic) bond motifs is 1. The molecule has 0 aliphatic heterocycles. The van der Waals surface area contributed by atoms with Crippen molar-refractivity contribution in [2.45, 2.75) is 79.1 Å². The molecule has 1 unspecified atom stereocenters. The molecule has 0 spiro atoms. The molecule has 5 atom stereocenters. The highest BCUT2D eigenvalue weighted by molar-refractivity contribution is 5.55.